The predicted octanol–water partition coefficient (Wildman–Crippen LogP) is 4.22. The van der Waals surface area contributed by atoms with Gasteiger partial charge in [-0.3, -0.25) is 9.48 Å². The lowest BCUT2D eigenvalue weighted by Crippen LogP contribution is -2.36. The molecule has 6 rings (SSSR count). The summed E-state index contributed by atoms with van der Waals surface area (Å²) in [5, 5.41) is 6.50. The number of nitrogens with one attached hydrogen (secondary N) is 1. The van der Waals surface area contributed by atoms with E-state index in [0.29, 0.717) is 35.8 Å². The summed E-state index contributed by atoms with van der Waals surface area (Å²) in [6.45, 7) is 3.16. The van der Waals surface area contributed by atoms with Gasteiger partial charge >= 0.3 is 0 Å². The minimum absolute atomic E-state index is 0.00719. The number of furan rings is 1. The van der Waals surface area contributed by atoms with Crippen LogP contribution in [0.2, 0.25) is 0 Å². The number of carbonyl (C=O) groups is 1. The van der Waals surface area contributed by atoms with Crippen molar-refractivity contribution >= 4 is 27.8 Å². The van der Waals surface area contributed by atoms with Crippen LogP contribution in [-0.2, 0) is 20.0 Å². The molecule has 0 saturated heterocycles. The fraction of sp³-hybridized carbons (Fsp3) is 0.208. The van der Waals surface area contributed by atoms with Gasteiger partial charge in [0.1, 0.15) is 5.69 Å². The second-order valence-electron chi connectivity index (χ2n) is 8.04. The third-order valence-corrected chi connectivity index (χ3v) is 6.14. The van der Waals surface area contributed by atoms with Crippen LogP contribution >= 0.6 is 0 Å². The van der Waals surface area contributed by atoms with Crippen LogP contribution in [-0.4, -0.2) is 37.1 Å². The molecule has 1 aromatic carbocycles. The average Bonchev–Trinajstić information content (AvgIpc) is 3.51. The highest BCUT2D eigenvalue weighted by Gasteiger charge is 2.28. The van der Waals surface area contributed by atoms with Crippen LogP contribution < -0.4 is 0 Å². The van der Waals surface area contributed by atoms with Gasteiger partial charge < -0.3 is 14.3 Å². The van der Waals surface area contributed by atoms with Gasteiger partial charge in [0.25, 0.3) is 5.91 Å². The summed E-state index contributed by atoms with van der Waals surface area (Å²) >= 11 is 0. The quantitative estimate of drug-likeness (QED) is 0.472. The van der Waals surface area contributed by atoms with Crippen LogP contribution in [0.1, 0.15) is 27.3 Å². The van der Waals surface area contributed by atoms with Crippen molar-refractivity contribution in [3.05, 3.63) is 71.2 Å². The Morgan fingerprint density at radius 2 is 2.06 bits per heavy atom. The molecule has 1 N–H and O–H groups in total. The van der Waals surface area contributed by atoms with E-state index in [0.717, 1.165) is 23.0 Å². The second-order valence-corrected chi connectivity index (χ2v) is 8.04. The molecule has 7 nitrogen and oxygen atoms in total. The number of carbonyl (C=O) groups excluding carboxylic acids is 1. The van der Waals surface area contributed by atoms with Crippen LogP contribution in [0, 0.1) is 6.92 Å². The first kappa shape index (κ1) is 17.9. The first-order valence-electron chi connectivity index (χ1n) is 10.4. The molecule has 154 valence electrons. The van der Waals surface area contributed by atoms with E-state index in [1.54, 1.807) is 10.9 Å². The van der Waals surface area contributed by atoms with Crippen molar-refractivity contribution in [3.8, 4) is 11.5 Å². The lowest BCUT2D eigenvalue weighted by Gasteiger charge is -2.27. The molecule has 0 bridgehead atoms. The van der Waals surface area contributed by atoms with E-state index in [4.69, 9.17) is 9.40 Å². The summed E-state index contributed by atoms with van der Waals surface area (Å²) in [5.41, 5.74) is 6.27. The molecule has 0 aliphatic carbocycles. The van der Waals surface area contributed by atoms with Gasteiger partial charge in [0.05, 0.1) is 22.9 Å². The molecule has 1 amide bonds. The van der Waals surface area contributed by atoms with Crippen LogP contribution in [0.3, 0.4) is 0 Å². The summed E-state index contributed by atoms with van der Waals surface area (Å²) in [4.78, 5) is 23.9. The van der Waals surface area contributed by atoms with Gasteiger partial charge in [0, 0.05) is 48.7 Å². The van der Waals surface area contributed by atoms with Crippen molar-refractivity contribution < 1.29 is 9.21 Å². The normalized spacial score (nSPS) is 13.8. The minimum Gasteiger partial charge on any atom is -0.463 e. The number of fused-ring (bicyclic) bond motifs is 4. The molecular formula is C24H21N5O2. The Kier molecular flexibility index (Phi) is 3.80. The van der Waals surface area contributed by atoms with Gasteiger partial charge in [-0.1, -0.05) is 18.2 Å². The lowest BCUT2D eigenvalue weighted by atomic mass is 10.0. The number of nitrogens with zero attached hydrogens (tertiary/aromatic N) is 4. The van der Waals surface area contributed by atoms with E-state index in [1.807, 2.05) is 49.2 Å². The van der Waals surface area contributed by atoms with Gasteiger partial charge in [-0.2, -0.15) is 5.10 Å². The maximum absolute atomic E-state index is 13.8. The first-order chi connectivity index (χ1) is 15.1. The number of aromatic nitrogens is 4. The van der Waals surface area contributed by atoms with Crippen molar-refractivity contribution in [2.75, 3.05) is 6.54 Å². The zero-order chi connectivity index (χ0) is 21.1. The van der Waals surface area contributed by atoms with Gasteiger partial charge in [0.15, 0.2) is 11.4 Å². The maximum Gasteiger partial charge on any atom is 0.255 e. The molecule has 7 heteroatoms. The van der Waals surface area contributed by atoms with E-state index in [9.17, 15) is 4.79 Å². The highest BCUT2D eigenvalue weighted by Crippen LogP contribution is 2.31. The Bertz CT molecular complexity index is 1460. The summed E-state index contributed by atoms with van der Waals surface area (Å²) in [7, 11) is 1.85. The number of hydrogen-bond donors (Lipinski definition) is 1. The lowest BCUT2D eigenvalue weighted by molar-refractivity contribution is 0.0737. The van der Waals surface area contributed by atoms with Crippen LogP contribution in [0.4, 0.5) is 0 Å². The molecule has 0 atom stereocenters. The Morgan fingerprint density at radius 3 is 2.90 bits per heavy atom. The average molecular weight is 411 g/mol. The van der Waals surface area contributed by atoms with Crippen molar-refractivity contribution in [2.24, 2.45) is 7.05 Å². The molecule has 1 aliphatic rings. The van der Waals surface area contributed by atoms with Crippen LogP contribution in [0.25, 0.3) is 33.4 Å². The molecule has 0 radical (unpaired) electrons. The molecule has 0 saturated carbocycles. The number of amides is 1. The monoisotopic (exact) mass is 411 g/mol. The Morgan fingerprint density at radius 1 is 1.19 bits per heavy atom. The van der Waals surface area contributed by atoms with Crippen LogP contribution in [0.15, 0.2) is 53.1 Å². The zero-order valence-electron chi connectivity index (χ0n) is 17.3. The van der Waals surface area contributed by atoms with E-state index >= 15 is 0 Å². The molecule has 1 aliphatic heterocycles. The third-order valence-electron chi connectivity index (χ3n) is 6.14. The fourth-order valence-electron chi connectivity index (χ4n) is 4.67. The van der Waals surface area contributed by atoms with Crippen molar-refractivity contribution in [1.29, 1.82) is 0 Å². The zero-order valence-corrected chi connectivity index (χ0v) is 17.3. The van der Waals surface area contributed by atoms with E-state index in [-0.39, 0.29) is 5.91 Å². The summed E-state index contributed by atoms with van der Waals surface area (Å²) in [6.07, 6.45) is 2.42. The highest BCUT2D eigenvalue weighted by atomic mass is 16.3. The fourth-order valence-corrected chi connectivity index (χ4v) is 4.67. The predicted molar refractivity (Wildman–Crippen MR) is 118 cm³/mol. The topological polar surface area (TPSA) is 79.9 Å². The number of rotatable bonds is 2. The number of para-hydroxylation sites is 1. The van der Waals surface area contributed by atoms with Gasteiger partial charge in [-0.15, -0.1) is 0 Å². The summed E-state index contributed by atoms with van der Waals surface area (Å²) in [6, 6.07) is 13.8. The number of H-pyrrole nitrogens is 1. The number of hydrogen-bond acceptors (Lipinski definition) is 4. The van der Waals surface area contributed by atoms with E-state index in [1.165, 1.54) is 16.6 Å². The van der Waals surface area contributed by atoms with Crippen LogP contribution in [0.5, 0.6) is 0 Å². The van der Waals surface area contributed by atoms with Crippen molar-refractivity contribution in [2.45, 2.75) is 19.9 Å². The molecule has 0 fully saturated rings. The Labute approximate surface area is 178 Å². The van der Waals surface area contributed by atoms with Gasteiger partial charge in [-0.05, 0) is 31.2 Å². The van der Waals surface area contributed by atoms with Gasteiger partial charge in [-0.25, -0.2) is 4.98 Å². The molecule has 5 aromatic rings. The highest BCUT2D eigenvalue weighted by molar-refractivity contribution is 6.07. The van der Waals surface area contributed by atoms with Gasteiger partial charge in [0.2, 0.25) is 0 Å². The Hall–Kier alpha value is -3.87. The minimum atomic E-state index is -0.00719. The number of aryl methyl sites for hydroxylation is 2. The smallest absolute Gasteiger partial charge is 0.255 e. The van der Waals surface area contributed by atoms with E-state index in [2.05, 4.69) is 22.2 Å². The molecule has 31 heavy (non-hydrogen) atoms. The molecule has 0 unspecified atom stereocenters. The number of aromatic amines is 1. The SMILES string of the molecule is Cc1nn(C)c2nc(-c3ccco3)cc(C(=O)N3CCc4[nH]c5ccccc5c4C3)c12. The van der Waals surface area contributed by atoms with E-state index < -0.39 is 0 Å². The first-order valence-corrected chi connectivity index (χ1v) is 10.4. The van der Waals surface area contributed by atoms with Crippen molar-refractivity contribution in [3.63, 3.8) is 0 Å². The molecule has 5 heterocycles. The maximum atomic E-state index is 13.8. The number of benzene rings is 1. The Balaban J connectivity index is 1.47. The second kappa shape index (κ2) is 6.57. The largest absolute Gasteiger partial charge is 0.463 e. The molecule has 4 aromatic heterocycles. The molecular weight excluding hydrogens is 390 g/mol. The third kappa shape index (κ3) is 2.70. The van der Waals surface area contributed by atoms with Crippen molar-refractivity contribution in [1.82, 2.24) is 24.6 Å². The summed E-state index contributed by atoms with van der Waals surface area (Å²) in [5.74, 6) is 0.625. The number of pyridine rings is 1. The standard InChI is InChI=1S/C24H21N5O2/c1-14-22-16(12-20(21-8-5-11-31-21)26-23(22)28(2)27-14)24(30)29-10-9-19-17(13-29)15-6-3-4-7-18(15)25-19/h3-8,11-12,25H,9-10,13H2,1-2H3. The summed E-state index contributed by atoms with van der Waals surface area (Å²) < 4.78 is 7.28. The molecule has 0 spiro atoms.